The lowest BCUT2D eigenvalue weighted by atomic mass is 10.0. The molecule has 0 aromatic heterocycles. The predicted octanol–water partition coefficient (Wildman–Crippen LogP) is 0.354. The maximum atomic E-state index is 12.2. The Hall–Kier alpha value is -0.650. The molecule has 0 radical (unpaired) electrons. The lowest BCUT2D eigenvalue weighted by Crippen LogP contribution is -2.58. The van der Waals surface area contributed by atoms with Crippen molar-refractivity contribution in [3.8, 4) is 0 Å². The SMILES string of the molecule is CCCN1CCC(NC(=O)[C@H]2NCCO[C@@H]2C)CC1. The van der Waals surface area contributed by atoms with Gasteiger partial charge >= 0.3 is 0 Å². The lowest BCUT2D eigenvalue weighted by molar-refractivity contribution is -0.130. The minimum atomic E-state index is -0.192. The van der Waals surface area contributed by atoms with Crippen LogP contribution in [-0.2, 0) is 9.53 Å². The van der Waals surface area contributed by atoms with Crippen molar-refractivity contribution in [2.24, 2.45) is 0 Å². The van der Waals surface area contributed by atoms with Crippen LogP contribution >= 0.6 is 0 Å². The van der Waals surface area contributed by atoms with Crippen molar-refractivity contribution in [3.05, 3.63) is 0 Å². The predicted molar refractivity (Wildman–Crippen MR) is 75.1 cm³/mol. The highest BCUT2D eigenvalue weighted by Gasteiger charge is 2.30. The van der Waals surface area contributed by atoms with Crippen LogP contribution in [0.25, 0.3) is 0 Å². The summed E-state index contributed by atoms with van der Waals surface area (Å²) in [6, 6.07) is 0.138. The van der Waals surface area contributed by atoms with Gasteiger partial charge in [-0.2, -0.15) is 0 Å². The third kappa shape index (κ3) is 4.16. The van der Waals surface area contributed by atoms with Gasteiger partial charge in [-0.25, -0.2) is 0 Å². The molecule has 0 aromatic carbocycles. The van der Waals surface area contributed by atoms with Crippen LogP contribution in [0.3, 0.4) is 0 Å². The number of rotatable bonds is 4. The van der Waals surface area contributed by atoms with Gasteiger partial charge in [0.2, 0.25) is 5.91 Å². The van der Waals surface area contributed by atoms with Crippen LogP contribution in [0.5, 0.6) is 0 Å². The minimum absolute atomic E-state index is 0.0334. The quantitative estimate of drug-likeness (QED) is 0.773. The zero-order chi connectivity index (χ0) is 13.7. The Morgan fingerprint density at radius 3 is 2.79 bits per heavy atom. The topological polar surface area (TPSA) is 53.6 Å². The van der Waals surface area contributed by atoms with Gasteiger partial charge < -0.3 is 20.3 Å². The fraction of sp³-hybridized carbons (Fsp3) is 0.929. The van der Waals surface area contributed by atoms with Gasteiger partial charge in [0.1, 0.15) is 6.04 Å². The van der Waals surface area contributed by atoms with Gasteiger partial charge in [0.05, 0.1) is 12.7 Å². The molecular weight excluding hydrogens is 242 g/mol. The summed E-state index contributed by atoms with van der Waals surface area (Å²) in [4.78, 5) is 14.7. The van der Waals surface area contributed by atoms with Gasteiger partial charge in [0.25, 0.3) is 0 Å². The van der Waals surface area contributed by atoms with E-state index in [0.29, 0.717) is 12.6 Å². The molecule has 2 aliphatic rings. The standard InChI is InChI=1S/C14H27N3O2/c1-3-7-17-8-4-12(5-9-17)16-14(18)13-11(2)19-10-6-15-13/h11-13,15H,3-10H2,1-2H3,(H,16,18)/t11-,13+/m1/s1. The highest BCUT2D eigenvalue weighted by molar-refractivity contribution is 5.82. The number of carbonyl (C=O) groups is 1. The third-order valence-corrected chi connectivity index (χ3v) is 4.07. The van der Waals surface area contributed by atoms with Crippen LogP contribution in [0.1, 0.15) is 33.1 Å². The van der Waals surface area contributed by atoms with Gasteiger partial charge in [-0.05, 0) is 32.7 Å². The van der Waals surface area contributed by atoms with Crippen molar-refractivity contribution in [3.63, 3.8) is 0 Å². The molecule has 5 nitrogen and oxygen atoms in total. The van der Waals surface area contributed by atoms with E-state index in [-0.39, 0.29) is 18.1 Å². The lowest BCUT2D eigenvalue weighted by Gasteiger charge is -2.34. The summed E-state index contributed by atoms with van der Waals surface area (Å²) in [6.45, 7) is 9.00. The molecular formula is C14H27N3O2. The van der Waals surface area contributed by atoms with Crippen molar-refractivity contribution in [2.45, 2.75) is 51.3 Å². The maximum Gasteiger partial charge on any atom is 0.240 e. The Labute approximate surface area is 116 Å². The van der Waals surface area contributed by atoms with Crippen LogP contribution in [0.4, 0.5) is 0 Å². The van der Waals surface area contributed by atoms with Crippen molar-refractivity contribution in [2.75, 3.05) is 32.8 Å². The van der Waals surface area contributed by atoms with Crippen molar-refractivity contribution in [1.82, 2.24) is 15.5 Å². The Morgan fingerprint density at radius 2 is 2.16 bits per heavy atom. The summed E-state index contributed by atoms with van der Waals surface area (Å²) < 4.78 is 5.52. The first-order valence-electron chi connectivity index (χ1n) is 7.58. The van der Waals surface area contributed by atoms with Gasteiger partial charge in [-0.1, -0.05) is 6.92 Å². The average molecular weight is 269 g/mol. The fourth-order valence-electron chi connectivity index (χ4n) is 2.94. The van der Waals surface area contributed by atoms with E-state index in [1.807, 2.05) is 6.92 Å². The second-order valence-corrected chi connectivity index (χ2v) is 5.63. The van der Waals surface area contributed by atoms with Crippen LogP contribution < -0.4 is 10.6 Å². The molecule has 5 heteroatoms. The number of hydrogen-bond acceptors (Lipinski definition) is 4. The Kier molecular flexibility index (Phi) is 5.60. The second kappa shape index (κ2) is 7.22. The third-order valence-electron chi connectivity index (χ3n) is 4.07. The first-order valence-corrected chi connectivity index (χ1v) is 7.58. The van der Waals surface area contributed by atoms with Crippen LogP contribution in [0.2, 0.25) is 0 Å². The van der Waals surface area contributed by atoms with Gasteiger partial charge in [-0.3, -0.25) is 4.79 Å². The largest absolute Gasteiger partial charge is 0.375 e. The zero-order valence-electron chi connectivity index (χ0n) is 12.2. The number of carbonyl (C=O) groups excluding carboxylic acids is 1. The van der Waals surface area contributed by atoms with Gasteiger partial charge in [-0.15, -0.1) is 0 Å². The van der Waals surface area contributed by atoms with Crippen molar-refractivity contribution < 1.29 is 9.53 Å². The highest BCUT2D eigenvalue weighted by Crippen LogP contribution is 2.12. The molecule has 0 bridgehead atoms. The first kappa shape index (κ1) is 14.8. The van der Waals surface area contributed by atoms with Crippen LogP contribution in [0, 0.1) is 0 Å². The molecule has 2 saturated heterocycles. The minimum Gasteiger partial charge on any atom is -0.375 e. The van der Waals surface area contributed by atoms with E-state index >= 15 is 0 Å². The number of amides is 1. The summed E-state index contributed by atoms with van der Waals surface area (Å²) in [5.41, 5.74) is 0. The molecule has 2 N–H and O–H groups in total. The van der Waals surface area contributed by atoms with Crippen molar-refractivity contribution in [1.29, 1.82) is 0 Å². The number of nitrogens with zero attached hydrogens (tertiary/aromatic N) is 1. The number of hydrogen-bond donors (Lipinski definition) is 2. The fourth-order valence-corrected chi connectivity index (χ4v) is 2.94. The van der Waals surface area contributed by atoms with Crippen LogP contribution in [0.15, 0.2) is 0 Å². The van der Waals surface area contributed by atoms with Gasteiger partial charge in [0, 0.05) is 25.7 Å². The highest BCUT2D eigenvalue weighted by atomic mass is 16.5. The smallest absolute Gasteiger partial charge is 0.240 e. The summed E-state index contributed by atoms with van der Waals surface area (Å²) in [7, 11) is 0. The number of piperidine rings is 1. The average Bonchev–Trinajstić information content (AvgIpc) is 2.42. The van der Waals surface area contributed by atoms with E-state index in [1.54, 1.807) is 0 Å². The van der Waals surface area contributed by atoms with E-state index in [0.717, 1.165) is 32.5 Å². The molecule has 0 spiro atoms. The Balaban J connectivity index is 1.74. The molecule has 2 rings (SSSR count). The zero-order valence-corrected chi connectivity index (χ0v) is 12.2. The molecule has 2 fully saturated rings. The molecule has 2 atom stereocenters. The Bertz CT molecular complexity index is 290. The molecule has 1 amide bonds. The monoisotopic (exact) mass is 269 g/mol. The molecule has 0 aromatic rings. The number of likely N-dealkylation sites (tertiary alicyclic amines) is 1. The maximum absolute atomic E-state index is 12.2. The van der Waals surface area contributed by atoms with Crippen molar-refractivity contribution >= 4 is 5.91 Å². The summed E-state index contributed by atoms with van der Waals surface area (Å²) >= 11 is 0. The van der Waals surface area contributed by atoms with E-state index < -0.39 is 0 Å². The molecule has 2 heterocycles. The van der Waals surface area contributed by atoms with E-state index in [9.17, 15) is 4.79 Å². The molecule has 0 saturated carbocycles. The number of ether oxygens (including phenoxy) is 1. The van der Waals surface area contributed by atoms with Gasteiger partial charge in [0.15, 0.2) is 0 Å². The van der Waals surface area contributed by atoms with E-state index in [4.69, 9.17) is 4.74 Å². The number of nitrogens with one attached hydrogen (secondary N) is 2. The second-order valence-electron chi connectivity index (χ2n) is 5.63. The normalized spacial score (nSPS) is 30.2. The molecule has 19 heavy (non-hydrogen) atoms. The van der Waals surface area contributed by atoms with E-state index in [2.05, 4.69) is 22.5 Å². The van der Waals surface area contributed by atoms with Crippen LogP contribution in [-0.4, -0.2) is 61.8 Å². The molecule has 0 unspecified atom stereocenters. The molecule has 110 valence electrons. The summed E-state index contributed by atoms with van der Waals surface area (Å²) in [5, 5.41) is 6.41. The summed E-state index contributed by atoms with van der Waals surface area (Å²) in [6.07, 6.45) is 3.30. The Morgan fingerprint density at radius 1 is 1.42 bits per heavy atom. The molecule has 0 aliphatic carbocycles. The molecule has 2 aliphatic heterocycles. The number of morpholine rings is 1. The summed E-state index contributed by atoms with van der Waals surface area (Å²) in [5.74, 6) is 0.0983. The van der Waals surface area contributed by atoms with E-state index in [1.165, 1.54) is 13.0 Å². The first-order chi connectivity index (χ1) is 9.20.